The molecule has 5 N–H and O–H groups in total. The number of anilines is 2. The Morgan fingerprint density at radius 3 is 2.49 bits per heavy atom. The van der Waals surface area contributed by atoms with Crippen molar-refractivity contribution in [1.82, 2.24) is 9.78 Å². The SMILES string of the molecule is C=CC(=O)Nc1ccccc1C1CCNc2c(C=O)c(-c3ccc(F)cc3)nn21.CN.OC(F)F. The van der Waals surface area contributed by atoms with Crippen molar-refractivity contribution in [3.8, 4) is 11.3 Å². The molecule has 186 valence electrons. The summed E-state index contributed by atoms with van der Waals surface area (Å²) in [5.41, 5.74) is 7.62. The lowest BCUT2D eigenvalue weighted by molar-refractivity contribution is -0.111. The first kappa shape index (κ1) is 27.3. The van der Waals surface area contributed by atoms with Crippen LogP contribution in [0, 0.1) is 5.82 Å². The average molecular weight is 489 g/mol. The van der Waals surface area contributed by atoms with Gasteiger partial charge in [-0.05, 0) is 49.9 Å². The number of aldehydes is 1. The van der Waals surface area contributed by atoms with Gasteiger partial charge in [0.15, 0.2) is 6.29 Å². The Morgan fingerprint density at radius 2 is 1.89 bits per heavy atom. The van der Waals surface area contributed by atoms with Crippen molar-refractivity contribution in [2.45, 2.75) is 19.1 Å². The van der Waals surface area contributed by atoms with Crippen LogP contribution in [0.3, 0.4) is 0 Å². The zero-order valence-electron chi connectivity index (χ0n) is 18.9. The van der Waals surface area contributed by atoms with Crippen molar-refractivity contribution in [3.05, 3.63) is 78.1 Å². The summed E-state index contributed by atoms with van der Waals surface area (Å²) < 4.78 is 34.9. The molecule has 0 bridgehead atoms. The Labute approximate surface area is 200 Å². The molecule has 0 radical (unpaired) electrons. The summed E-state index contributed by atoms with van der Waals surface area (Å²) in [5.74, 6) is -0.0404. The number of nitrogens with zero attached hydrogens (tertiary/aromatic N) is 2. The van der Waals surface area contributed by atoms with E-state index in [0.717, 1.165) is 18.3 Å². The average Bonchev–Trinajstić information content (AvgIpc) is 3.24. The molecule has 11 heteroatoms. The van der Waals surface area contributed by atoms with Gasteiger partial charge in [0.05, 0.1) is 11.6 Å². The number of benzene rings is 2. The summed E-state index contributed by atoms with van der Waals surface area (Å²) in [6.45, 7) is 0.972. The van der Waals surface area contributed by atoms with Gasteiger partial charge in [-0.3, -0.25) is 9.59 Å². The van der Waals surface area contributed by atoms with Crippen LogP contribution >= 0.6 is 0 Å². The van der Waals surface area contributed by atoms with E-state index >= 15 is 0 Å². The monoisotopic (exact) mass is 489 g/mol. The molecule has 4 rings (SSSR count). The normalized spacial score (nSPS) is 13.7. The molecule has 1 aliphatic rings. The van der Waals surface area contributed by atoms with Crippen LogP contribution in [0.1, 0.15) is 28.4 Å². The molecule has 1 aromatic heterocycles. The van der Waals surface area contributed by atoms with Gasteiger partial charge in [-0.2, -0.15) is 13.9 Å². The number of hydrogen-bond acceptors (Lipinski definition) is 6. The third-order valence-corrected chi connectivity index (χ3v) is 4.95. The van der Waals surface area contributed by atoms with Crippen molar-refractivity contribution in [2.75, 3.05) is 24.2 Å². The molecule has 0 saturated heterocycles. The second kappa shape index (κ2) is 13.1. The van der Waals surface area contributed by atoms with E-state index in [1.165, 1.54) is 25.3 Å². The van der Waals surface area contributed by atoms with Gasteiger partial charge < -0.3 is 21.5 Å². The molecule has 0 spiro atoms. The highest BCUT2D eigenvalue weighted by atomic mass is 19.3. The standard InChI is InChI=1S/C22H19FN4O2.CH2F2O.CH5N/c1-2-20(29)25-18-6-4-3-5-16(18)19-11-12-24-22-17(13-28)21(26-27(19)22)14-7-9-15(23)10-8-14;2-1(3)4;1-2/h2-10,13,19,24H,1,11-12H2,(H,25,29);1,4H;2H2,1H3. The number of nitrogens with one attached hydrogen (secondary N) is 2. The predicted molar refractivity (Wildman–Crippen MR) is 128 cm³/mol. The van der Waals surface area contributed by atoms with E-state index in [9.17, 15) is 22.8 Å². The lowest BCUT2D eigenvalue weighted by atomic mass is 10.00. The van der Waals surface area contributed by atoms with Crippen LogP contribution in [0.25, 0.3) is 11.3 Å². The fraction of sp³-hybridized carbons (Fsp3) is 0.208. The molecule has 0 fully saturated rings. The van der Waals surface area contributed by atoms with Gasteiger partial charge in [-0.15, -0.1) is 0 Å². The van der Waals surface area contributed by atoms with E-state index in [1.807, 2.05) is 24.3 Å². The number of carbonyl (C=O) groups excluding carboxylic acids is 2. The molecular formula is C24H26F3N5O3. The van der Waals surface area contributed by atoms with Gasteiger partial charge in [-0.1, -0.05) is 24.8 Å². The fourth-order valence-electron chi connectivity index (χ4n) is 3.60. The topological polar surface area (TPSA) is 122 Å². The number of fused-ring (bicyclic) bond motifs is 1. The maximum atomic E-state index is 13.3. The number of rotatable bonds is 5. The molecule has 3 aromatic rings. The van der Waals surface area contributed by atoms with Gasteiger partial charge in [0.2, 0.25) is 5.91 Å². The van der Waals surface area contributed by atoms with Gasteiger partial charge in [-0.25, -0.2) is 9.07 Å². The van der Waals surface area contributed by atoms with Gasteiger partial charge in [0, 0.05) is 23.4 Å². The molecule has 1 atom stereocenters. The first-order valence-electron chi connectivity index (χ1n) is 10.5. The van der Waals surface area contributed by atoms with Crippen LogP contribution in [0.4, 0.5) is 24.7 Å². The minimum absolute atomic E-state index is 0.180. The maximum absolute atomic E-state index is 13.3. The minimum atomic E-state index is -3.17. The number of para-hydroxylation sites is 1. The molecule has 1 unspecified atom stereocenters. The Bertz CT molecular complexity index is 1150. The van der Waals surface area contributed by atoms with E-state index in [4.69, 9.17) is 5.11 Å². The lowest BCUT2D eigenvalue weighted by Gasteiger charge is -2.27. The first-order valence-corrected chi connectivity index (χ1v) is 10.5. The lowest BCUT2D eigenvalue weighted by Crippen LogP contribution is -2.26. The summed E-state index contributed by atoms with van der Waals surface area (Å²) in [7, 11) is 1.50. The molecule has 35 heavy (non-hydrogen) atoms. The van der Waals surface area contributed by atoms with E-state index < -0.39 is 6.61 Å². The summed E-state index contributed by atoms with van der Waals surface area (Å²) in [6.07, 6.45) is 2.70. The number of aliphatic hydroxyl groups excluding tert-OH is 1. The van der Waals surface area contributed by atoms with E-state index in [0.29, 0.717) is 34.9 Å². The van der Waals surface area contributed by atoms with E-state index in [2.05, 4.69) is 28.0 Å². The van der Waals surface area contributed by atoms with Crippen LogP contribution in [-0.4, -0.2) is 47.3 Å². The number of nitrogens with two attached hydrogens (primary N) is 1. The van der Waals surface area contributed by atoms with Crippen LogP contribution in [0.2, 0.25) is 0 Å². The Morgan fingerprint density at radius 1 is 1.26 bits per heavy atom. The van der Waals surface area contributed by atoms with Gasteiger partial charge >= 0.3 is 6.61 Å². The van der Waals surface area contributed by atoms with Crippen LogP contribution in [0.5, 0.6) is 0 Å². The van der Waals surface area contributed by atoms with Crippen molar-refractivity contribution >= 4 is 23.7 Å². The number of aliphatic hydroxyl groups is 1. The number of hydrogen-bond donors (Lipinski definition) is 4. The highest BCUT2D eigenvalue weighted by molar-refractivity contribution is 5.99. The molecular weight excluding hydrogens is 463 g/mol. The van der Waals surface area contributed by atoms with E-state index in [-0.39, 0.29) is 17.8 Å². The molecule has 8 nitrogen and oxygen atoms in total. The van der Waals surface area contributed by atoms with Crippen LogP contribution in [-0.2, 0) is 4.79 Å². The maximum Gasteiger partial charge on any atom is 0.342 e. The van der Waals surface area contributed by atoms with Crippen LogP contribution in [0.15, 0.2) is 61.2 Å². The number of aromatic nitrogens is 2. The molecule has 2 heterocycles. The molecule has 1 amide bonds. The summed E-state index contributed by atoms with van der Waals surface area (Å²) in [4.78, 5) is 23.7. The smallest absolute Gasteiger partial charge is 0.342 e. The molecule has 0 saturated carbocycles. The molecule has 2 aromatic carbocycles. The zero-order valence-corrected chi connectivity index (χ0v) is 18.9. The van der Waals surface area contributed by atoms with Crippen molar-refractivity contribution in [2.24, 2.45) is 5.73 Å². The Kier molecular flexibility index (Phi) is 10.2. The number of amides is 1. The summed E-state index contributed by atoms with van der Waals surface area (Å²) in [5, 5.41) is 17.5. The third-order valence-electron chi connectivity index (χ3n) is 4.95. The van der Waals surface area contributed by atoms with Crippen molar-refractivity contribution in [3.63, 3.8) is 0 Å². The highest BCUT2D eigenvalue weighted by Gasteiger charge is 2.29. The van der Waals surface area contributed by atoms with Crippen molar-refractivity contribution < 1.29 is 27.9 Å². The number of carbonyl (C=O) groups is 2. The van der Waals surface area contributed by atoms with Gasteiger partial charge in [0.1, 0.15) is 17.3 Å². The minimum Gasteiger partial charge on any atom is -0.370 e. The van der Waals surface area contributed by atoms with Crippen LogP contribution < -0.4 is 16.4 Å². The largest absolute Gasteiger partial charge is 0.370 e. The van der Waals surface area contributed by atoms with Crippen molar-refractivity contribution in [1.29, 1.82) is 0 Å². The van der Waals surface area contributed by atoms with Gasteiger partial charge in [0.25, 0.3) is 0 Å². The number of alkyl halides is 2. The summed E-state index contributed by atoms with van der Waals surface area (Å²) >= 11 is 0. The predicted octanol–water partition coefficient (Wildman–Crippen LogP) is 3.81. The number of halogens is 3. The quantitative estimate of drug-likeness (QED) is 0.319. The zero-order chi connectivity index (χ0) is 26.0. The second-order valence-corrected chi connectivity index (χ2v) is 6.97. The first-order chi connectivity index (χ1) is 16.8. The molecule has 1 aliphatic heterocycles. The Hall–Kier alpha value is -3.96. The van der Waals surface area contributed by atoms with E-state index in [1.54, 1.807) is 16.8 Å². The molecule has 0 aliphatic carbocycles. The highest BCUT2D eigenvalue weighted by Crippen LogP contribution is 2.38. The second-order valence-electron chi connectivity index (χ2n) is 6.97. The summed E-state index contributed by atoms with van der Waals surface area (Å²) in [6, 6.07) is 13.2. The fourth-order valence-corrected chi connectivity index (χ4v) is 3.60. The third kappa shape index (κ3) is 6.78. The Balaban J connectivity index is 0.000000655.